The number of nitrogens with zero attached hydrogens (tertiary/aromatic N) is 2. The van der Waals surface area contributed by atoms with Crippen molar-refractivity contribution in [2.45, 2.75) is 121 Å². The molecular weight excluding hydrogens is 530 g/mol. The number of nitrogens with two attached hydrogens (primary N) is 1. The van der Waals surface area contributed by atoms with Gasteiger partial charge in [0.25, 0.3) is 0 Å². The van der Waals surface area contributed by atoms with Crippen LogP contribution in [0.15, 0.2) is 17.1 Å². The number of aromatic nitrogens is 2. The van der Waals surface area contributed by atoms with Crippen molar-refractivity contribution in [3.8, 4) is 0 Å². The summed E-state index contributed by atoms with van der Waals surface area (Å²) in [6, 6.07) is 1.45. The van der Waals surface area contributed by atoms with Gasteiger partial charge in [0.05, 0.1) is 17.8 Å². The van der Waals surface area contributed by atoms with E-state index in [1.807, 2.05) is 0 Å². The van der Waals surface area contributed by atoms with Crippen molar-refractivity contribution in [3.05, 3.63) is 22.7 Å². The van der Waals surface area contributed by atoms with Crippen molar-refractivity contribution in [1.29, 1.82) is 0 Å². The van der Waals surface area contributed by atoms with Crippen molar-refractivity contribution < 1.29 is 33.3 Å². The van der Waals surface area contributed by atoms with Gasteiger partial charge < -0.3 is 24.7 Å². The van der Waals surface area contributed by atoms with Gasteiger partial charge in [-0.2, -0.15) is 4.98 Å². The Morgan fingerprint density at radius 3 is 1.78 bits per heavy atom. The van der Waals surface area contributed by atoms with E-state index in [1.165, 1.54) is 16.8 Å². The molecule has 1 aromatic rings. The predicted octanol–water partition coefficient (Wildman–Crippen LogP) is 3.83. The first-order chi connectivity index (χ1) is 19.9. The van der Waals surface area contributed by atoms with Crippen LogP contribution in [0, 0.1) is 17.8 Å². The van der Waals surface area contributed by atoms with E-state index in [-0.39, 0.29) is 42.1 Å². The second kappa shape index (κ2) is 13.8. The van der Waals surface area contributed by atoms with Gasteiger partial charge in [-0.15, -0.1) is 0 Å². The summed E-state index contributed by atoms with van der Waals surface area (Å²) in [6.07, 6.45) is 10.6. The molecule has 0 radical (unpaired) electrons. The first-order valence-electron chi connectivity index (χ1n) is 15.5. The molecule has 4 aliphatic rings. The average molecular weight is 574 g/mol. The van der Waals surface area contributed by atoms with Crippen molar-refractivity contribution in [3.63, 3.8) is 0 Å². The molecule has 0 spiro atoms. The molecule has 0 aromatic carbocycles. The average Bonchev–Trinajstić information content (AvgIpc) is 3.33. The molecule has 4 atom stereocenters. The smallest absolute Gasteiger partial charge is 0.351 e. The largest absolute Gasteiger partial charge is 0.463 e. The molecule has 1 aromatic heterocycles. The minimum Gasteiger partial charge on any atom is -0.463 e. The summed E-state index contributed by atoms with van der Waals surface area (Å²) < 4.78 is 25.3. The fraction of sp³-hybridized carbons (Fsp3) is 0.767. The zero-order valence-electron chi connectivity index (χ0n) is 23.7. The van der Waals surface area contributed by atoms with Gasteiger partial charge in [0.2, 0.25) is 0 Å². The first kappa shape index (κ1) is 29.5. The number of carbonyl (C=O) groups is 3. The third kappa shape index (κ3) is 7.28. The highest BCUT2D eigenvalue weighted by molar-refractivity contribution is 5.74. The summed E-state index contributed by atoms with van der Waals surface area (Å²) in [6.45, 7) is -0.191. The molecule has 1 aliphatic heterocycles. The molecule has 1 saturated heterocycles. The van der Waals surface area contributed by atoms with E-state index >= 15 is 0 Å². The van der Waals surface area contributed by atoms with Crippen molar-refractivity contribution in [1.82, 2.24) is 9.55 Å². The van der Waals surface area contributed by atoms with E-state index in [9.17, 15) is 19.2 Å². The Labute approximate surface area is 240 Å². The SMILES string of the molecule is Nc1ccn([C@@H]2O[C@H](COC(=O)C3CCCCC3)[C@@H](OC(=O)C3CCCCC3)[C@H]2OC(=O)C2CCCCC2)c(=O)n1. The highest BCUT2D eigenvalue weighted by Crippen LogP contribution is 2.37. The zero-order chi connectivity index (χ0) is 28.8. The lowest BCUT2D eigenvalue weighted by atomic mass is 9.89. The summed E-state index contributed by atoms with van der Waals surface area (Å²) >= 11 is 0. The van der Waals surface area contributed by atoms with Gasteiger partial charge in [-0.3, -0.25) is 19.0 Å². The van der Waals surface area contributed by atoms with E-state index in [0.29, 0.717) is 0 Å². The van der Waals surface area contributed by atoms with Crippen LogP contribution in [-0.2, 0) is 33.3 Å². The van der Waals surface area contributed by atoms with Gasteiger partial charge in [-0.25, -0.2) is 4.79 Å². The number of nitrogen functional groups attached to an aromatic ring is 1. The highest BCUT2D eigenvalue weighted by Gasteiger charge is 2.52. The quantitative estimate of drug-likeness (QED) is 0.359. The maximum absolute atomic E-state index is 13.4. The molecule has 4 fully saturated rings. The van der Waals surface area contributed by atoms with Crippen LogP contribution in [0.1, 0.15) is 103 Å². The predicted molar refractivity (Wildman–Crippen MR) is 147 cm³/mol. The number of ether oxygens (including phenoxy) is 4. The number of anilines is 1. The zero-order valence-corrected chi connectivity index (χ0v) is 23.7. The number of carbonyl (C=O) groups excluding carboxylic acids is 3. The second-order valence-corrected chi connectivity index (χ2v) is 12.0. The van der Waals surface area contributed by atoms with Crippen LogP contribution in [0.3, 0.4) is 0 Å². The Morgan fingerprint density at radius 1 is 0.780 bits per heavy atom. The Balaban J connectivity index is 1.41. The molecule has 0 unspecified atom stereocenters. The number of hydrogen-bond acceptors (Lipinski definition) is 10. The molecule has 3 aliphatic carbocycles. The monoisotopic (exact) mass is 573 g/mol. The summed E-state index contributed by atoms with van der Waals surface area (Å²) in [5, 5.41) is 0. The number of hydrogen-bond donors (Lipinski definition) is 1. The minimum atomic E-state index is -1.13. The molecule has 3 saturated carbocycles. The van der Waals surface area contributed by atoms with Gasteiger partial charge in [0.15, 0.2) is 18.4 Å². The standard InChI is InChI=1S/C30H43N3O8/c31-23-16-17-33(30(37)32-23)26-25(41-29(36)21-14-8-3-9-15-21)24(40-28(35)20-12-6-2-7-13-20)22(39-26)18-38-27(34)19-10-4-1-5-11-19/h16-17,19-22,24-26H,1-15,18H2,(H2,31,32,37)/t22-,24-,25-,26-/m1/s1. The summed E-state index contributed by atoms with van der Waals surface area (Å²) in [4.78, 5) is 56.3. The third-order valence-electron chi connectivity index (χ3n) is 9.12. The van der Waals surface area contributed by atoms with E-state index < -0.39 is 36.2 Å². The molecular formula is C30H43N3O8. The molecule has 0 amide bonds. The second-order valence-electron chi connectivity index (χ2n) is 12.0. The third-order valence-corrected chi connectivity index (χ3v) is 9.12. The molecule has 226 valence electrons. The summed E-state index contributed by atoms with van der Waals surface area (Å²) in [7, 11) is 0. The number of esters is 3. The van der Waals surface area contributed by atoms with Gasteiger partial charge in [-0.1, -0.05) is 57.8 Å². The molecule has 5 rings (SSSR count). The molecule has 41 heavy (non-hydrogen) atoms. The van der Waals surface area contributed by atoms with Crippen LogP contribution < -0.4 is 11.4 Å². The Hall–Kier alpha value is -2.95. The Kier molecular flexibility index (Phi) is 9.95. The van der Waals surface area contributed by atoms with Crippen LogP contribution in [0.2, 0.25) is 0 Å². The lowest BCUT2D eigenvalue weighted by Gasteiger charge is -2.29. The van der Waals surface area contributed by atoms with Crippen LogP contribution >= 0.6 is 0 Å². The summed E-state index contributed by atoms with van der Waals surface area (Å²) in [5.74, 6) is -1.77. The van der Waals surface area contributed by atoms with Crippen LogP contribution in [0.4, 0.5) is 5.82 Å². The maximum atomic E-state index is 13.4. The van der Waals surface area contributed by atoms with Crippen molar-refractivity contribution in [2.75, 3.05) is 12.3 Å². The summed E-state index contributed by atoms with van der Waals surface area (Å²) in [5.41, 5.74) is 5.03. The normalized spacial score (nSPS) is 28.2. The first-order valence-corrected chi connectivity index (χ1v) is 15.5. The molecule has 11 nitrogen and oxygen atoms in total. The van der Waals surface area contributed by atoms with E-state index in [2.05, 4.69) is 4.98 Å². The van der Waals surface area contributed by atoms with Gasteiger partial charge in [0.1, 0.15) is 18.5 Å². The van der Waals surface area contributed by atoms with Crippen LogP contribution in [-0.4, -0.2) is 52.4 Å². The lowest BCUT2D eigenvalue weighted by molar-refractivity contribution is -0.176. The fourth-order valence-corrected chi connectivity index (χ4v) is 6.71. The molecule has 11 heteroatoms. The topological polar surface area (TPSA) is 149 Å². The van der Waals surface area contributed by atoms with Crippen LogP contribution in [0.5, 0.6) is 0 Å². The van der Waals surface area contributed by atoms with E-state index in [4.69, 9.17) is 24.7 Å². The Bertz CT molecular complexity index is 1120. The lowest BCUT2D eigenvalue weighted by Crippen LogP contribution is -2.44. The highest BCUT2D eigenvalue weighted by atomic mass is 16.7. The molecule has 2 heterocycles. The van der Waals surface area contributed by atoms with Crippen LogP contribution in [0.25, 0.3) is 0 Å². The van der Waals surface area contributed by atoms with Gasteiger partial charge >= 0.3 is 23.6 Å². The van der Waals surface area contributed by atoms with Crippen molar-refractivity contribution in [2.24, 2.45) is 17.8 Å². The minimum absolute atomic E-state index is 0.0400. The number of rotatable bonds is 8. The van der Waals surface area contributed by atoms with Gasteiger partial charge in [0, 0.05) is 6.20 Å². The molecule has 0 bridgehead atoms. The molecule has 2 N–H and O–H groups in total. The van der Waals surface area contributed by atoms with E-state index in [0.717, 1.165) is 96.3 Å². The fourth-order valence-electron chi connectivity index (χ4n) is 6.71. The Morgan fingerprint density at radius 2 is 1.27 bits per heavy atom. The van der Waals surface area contributed by atoms with E-state index in [1.54, 1.807) is 0 Å². The van der Waals surface area contributed by atoms with Crippen molar-refractivity contribution >= 4 is 23.7 Å². The maximum Gasteiger partial charge on any atom is 0.351 e. The van der Waals surface area contributed by atoms with Gasteiger partial charge in [-0.05, 0) is 44.6 Å².